The van der Waals surface area contributed by atoms with E-state index in [1.54, 1.807) is 0 Å². The van der Waals surface area contributed by atoms with Crippen LogP contribution in [0.4, 0.5) is 0 Å². The zero-order valence-electron chi connectivity index (χ0n) is 12.3. The third-order valence-electron chi connectivity index (χ3n) is 3.76. The van der Waals surface area contributed by atoms with Gasteiger partial charge in [0.05, 0.1) is 13.2 Å². The first-order chi connectivity index (χ1) is 9.08. The summed E-state index contributed by atoms with van der Waals surface area (Å²) in [5.41, 5.74) is 2.88. The van der Waals surface area contributed by atoms with E-state index in [0.717, 1.165) is 32.8 Å². The Morgan fingerprint density at radius 2 is 2.26 bits per heavy atom. The Labute approximate surface area is 116 Å². The Balaban J connectivity index is 1.83. The fourth-order valence-corrected chi connectivity index (χ4v) is 2.48. The molecule has 0 saturated carbocycles. The smallest absolute Gasteiger partial charge is 0.0632 e. The number of hydrogen-bond acceptors (Lipinski definition) is 3. The molecule has 1 aromatic carbocycles. The third-order valence-corrected chi connectivity index (χ3v) is 3.76. The van der Waals surface area contributed by atoms with Crippen molar-refractivity contribution in [3.05, 3.63) is 35.4 Å². The van der Waals surface area contributed by atoms with Gasteiger partial charge in [-0.05, 0) is 12.5 Å². The van der Waals surface area contributed by atoms with Crippen LogP contribution in [0, 0.1) is 6.92 Å². The molecule has 1 aliphatic heterocycles. The molecule has 2 rings (SSSR count). The topological polar surface area (TPSA) is 33.3 Å². The molecular weight excluding hydrogens is 236 g/mol. The van der Waals surface area contributed by atoms with Gasteiger partial charge in [-0.25, -0.2) is 0 Å². The van der Waals surface area contributed by atoms with E-state index in [2.05, 4.69) is 55.7 Å². The first-order valence-corrected chi connectivity index (χ1v) is 7.17. The Morgan fingerprint density at radius 3 is 2.95 bits per heavy atom. The molecule has 0 amide bonds. The molecule has 3 nitrogen and oxygen atoms in total. The van der Waals surface area contributed by atoms with E-state index in [0.29, 0.717) is 6.04 Å². The van der Waals surface area contributed by atoms with Crippen LogP contribution in [0.3, 0.4) is 0 Å². The summed E-state index contributed by atoms with van der Waals surface area (Å²) in [6, 6.07) is 9.24. The van der Waals surface area contributed by atoms with Gasteiger partial charge in [0.1, 0.15) is 0 Å². The number of rotatable bonds is 5. The highest BCUT2D eigenvalue weighted by molar-refractivity contribution is 5.28. The van der Waals surface area contributed by atoms with Gasteiger partial charge < -0.3 is 15.4 Å². The van der Waals surface area contributed by atoms with Gasteiger partial charge in [-0.1, -0.05) is 43.7 Å². The molecule has 0 bridgehead atoms. The Kier molecular flexibility index (Phi) is 4.97. The number of aryl methyl sites for hydroxylation is 1. The van der Waals surface area contributed by atoms with Crippen molar-refractivity contribution in [1.82, 2.24) is 10.6 Å². The molecule has 1 aromatic rings. The maximum Gasteiger partial charge on any atom is 0.0632 e. The highest BCUT2D eigenvalue weighted by Gasteiger charge is 2.21. The number of hydrogen-bond donors (Lipinski definition) is 2. The summed E-state index contributed by atoms with van der Waals surface area (Å²) >= 11 is 0. The van der Waals surface area contributed by atoms with Crippen molar-refractivity contribution in [2.24, 2.45) is 0 Å². The summed E-state index contributed by atoms with van der Waals surface area (Å²) in [5, 5.41) is 7.04. The number of benzene rings is 1. The van der Waals surface area contributed by atoms with Crippen molar-refractivity contribution in [2.45, 2.75) is 32.2 Å². The SMILES string of the molecule is Cc1cccc(C(C)(C)CNCC2COCCN2)c1. The van der Waals surface area contributed by atoms with Crippen molar-refractivity contribution < 1.29 is 4.74 Å². The van der Waals surface area contributed by atoms with E-state index < -0.39 is 0 Å². The first-order valence-electron chi connectivity index (χ1n) is 7.17. The maximum atomic E-state index is 5.46. The largest absolute Gasteiger partial charge is 0.378 e. The van der Waals surface area contributed by atoms with Crippen LogP contribution >= 0.6 is 0 Å². The summed E-state index contributed by atoms with van der Waals surface area (Å²) < 4.78 is 5.46. The van der Waals surface area contributed by atoms with Crippen molar-refractivity contribution in [2.75, 3.05) is 32.8 Å². The number of morpholine rings is 1. The van der Waals surface area contributed by atoms with Gasteiger partial charge in [0.15, 0.2) is 0 Å². The number of nitrogens with one attached hydrogen (secondary N) is 2. The van der Waals surface area contributed by atoms with Gasteiger partial charge in [0.25, 0.3) is 0 Å². The van der Waals surface area contributed by atoms with Gasteiger partial charge in [-0.2, -0.15) is 0 Å². The molecule has 0 radical (unpaired) electrons. The van der Waals surface area contributed by atoms with Crippen LogP contribution in [-0.4, -0.2) is 38.9 Å². The lowest BCUT2D eigenvalue weighted by atomic mass is 9.84. The summed E-state index contributed by atoms with van der Waals surface area (Å²) in [6.07, 6.45) is 0. The monoisotopic (exact) mass is 262 g/mol. The van der Waals surface area contributed by atoms with Crippen LogP contribution in [0.15, 0.2) is 24.3 Å². The maximum absolute atomic E-state index is 5.46. The van der Waals surface area contributed by atoms with E-state index in [9.17, 15) is 0 Å². The van der Waals surface area contributed by atoms with Gasteiger partial charge in [0.2, 0.25) is 0 Å². The third kappa shape index (κ3) is 4.30. The molecule has 0 aliphatic carbocycles. The lowest BCUT2D eigenvalue weighted by Gasteiger charge is -2.29. The molecule has 1 fully saturated rings. The van der Waals surface area contributed by atoms with Crippen LogP contribution in [0.25, 0.3) is 0 Å². The zero-order chi connectivity index (χ0) is 13.7. The fourth-order valence-electron chi connectivity index (χ4n) is 2.48. The van der Waals surface area contributed by atoms with Crippen molar-refractivity contribution in [3.63, 3.8) is 0 Å². The molecule has 3 heteroatoms. The molecule has 1 heterocycles. The van der Waals surface area contributed by atoms with E-state index in [-0.39, 0.29) is 5.41 Å². The second-order valence-electron chi connectivity index (χ2n) is 6.11. The van der Waals surface area contributed by atoms with Crippen LogP contribution in [0.2, 0.25) is 0 Å². The van der Waals surface area contributed by atoms with E-state index in [1.807, 2.05) is 0 Å². The quantitative estimate of drug-likeness (QED) is 0.849. The highest BCUT2D eigenvalue weighted by Crippen LogP contribution is 2.22. The Hall–Kier alpha value is -0.900. The van der Waals surface area contributed by atoms with Gasteiger partial charge in [-0.15, -0.1) is 0 Å². The predicted octanol–water partition coefficient (Wildman–Crippen LogP) is 1.85. The van der Waals surface area contributed by atoms with Gasteiger partial charge in [0, 0.05) is 31.1 Å². The molecule has 106 valence electrons. The normalized spacial score (nSPS) is 20.5. The minimum absolute atomic E-state index is 0.154. The first kappa shape index (κ1) is 14.5. The van der Waals surface area contributed by atoms with Gasteiger partial charge in [-0.3, -0.25) is 0 Å². The molecule has 1 unspecified atom stereocenters. The van der Waals surface area contributed by atoms with Crippen LogP contribution < -0.4 is 10.6 Å². The lowest BCUT2D eigenvalue weighted by molar-refractivity contribution is 0.0764. The van der Waals surface area contributed by atoms with Crippen molar-refractivity contribution >= 4 is 0 Å². The van der Waals surface area contributed by atoms with E-state index in [1.165, 1.54) is 11.1 Å². The molecular formula is C16H26N2O. The molecule has 0 spiro atoms. The predicted molar refractivity (Wildman–Crippen MR) is 79.7 cm³/mol. The number of ether oxygens (including phenoxy) is 1. The average Bonchev–Trinajstić information content (AvgIpc) is 2.40. The Morgan fingerprint density at radius 1 is 1.42 bits per heavy atom. The molecule has 2 N–H and O–H groups in total. The molecule has 1 aliphatic rings. The Bertz CT molecular complexity index is 397. The van der Waals surface area contributed by atoms with Gasteiger partial charge >= 0.3 is 0 Å². The molecule has 0 aromatic heterocycles. The fraction of sp³-hybridized carbons (Fsp3) is 0.625. The summed E-state index contributed by atoms with van der Waals surface area (Å²) in [6.45, 7) is 11.3. The molecule has 19 heavy (non-hydrogen) atoms. The van der Waals surface area contributed by atoms with Crippen LogP contribution in [-0.2, 0) is 10.2 Å². The van der Waals surface area contributed by atoms with E-state index in [4.69, 9.17) is 4.74 Å². The minimum atomic E-state index is 0.154. The second kappa shape index (κ2) is 6.51. The summed E-state index contributed by atoms with van der Waals surface area (Å²) in [5.74, 6) is 0. The lowest BCUT2D eigenvalue weighted by Crippen LogP contribution is -2.48. The standard InChI is InChI=1S/C16H26N2O/c1-13-5-4-6-14(9-13)16(2,3)12-17-10-15-11-19-8-7-18-15/h4-6,9,15,17-18H,7-8,10-12H2,1-3H3. The average molecular weight is 262 g/mol. The summed E-state index contributed by atoms with van der Waals surface area (Å²) in [4.78, 5) is 0. The summed E-state index contributed by atoms with van der Waals surface area (Å²) in [7, 11) is 0. The minimum Gasteiger partial charge on any atom is -0.378 e. The van der Waals surface area contributed by atoms with Crippen molar-refractivity contribution in [1.29, 1.82) is 0 Å². The molecule has 1 atom stereocenters. The van der Waals surface area contributed by atoms with Crippen LogP contribution in [0.1, 0.15) is 25.0 Å². The van der Waals surface area contributed by atoms with E-state index >= 15 is 0 Å². The second-order valence-corrected chi connectivity index (χ2v) is 6.11. The molecule has 1 saturated heterocycles. The highest BCUT2D eigenvalue weighted by atomic mass is 16.5. The van der Waals surface area contributed by atoms with Crippen LogP contribution in [0.5, 0.6) is 0 Å². The van der Waals surface area contributed by atoms with Crippen molar-refractivity contribution in [3.8, 4) is 0 Å². The zero-order valence-corrected chi connectivity index (χ0v) is 12.3.